The third-order valence-corrected chi connectivity index (χ3v) is 12.7. The Hall–Kier alpha value is -5.43. The zero-order valence-electron chi connectivity index (χ0n) is 25.0. The van der Waals surface area contributed by atoms with Gasteiger partial charge in [0, 0.05) is 27.0 Å². The van der Waals surface area contributed by atoms with Crippen molar-refractivity contribution >= 4 is 23.1 Å². The number of hydrogen-bond donors (Lipinski definition) is 0. The van der Waals surface area contributed by atoms with Crippen molar-refractivity contribution in [1.82, 2.24) is 0 Å². The Morgan fingerprint density at radius 2 is 0.848 bits per heavy atom. The normalized spacial score (nSPS) is 13.7. The van der Waals surface area contributed by atoms with Crippen LogP contribution in [0.3, 0.4) is 0 Å². The number of para-hydroxylation sites is 1. The Morgan fingerprint density at radius 3 is 1.46 bits per heavy atom. The van der Waals surface area contributed by atoms with Gasteiger partial charge in [-0.25, -0.2) is 0 Å². The molecule has 0 saturated heterocycles. The van der Waals surface area contributed by atoms with E-state index in [2.05, 4.69) is 97.1 Å². The summed E-state index contributed by atoms with van der Waals surface area (Å²) in [6, 6.07) is 60.5. The second-order valence-electron chi connectivity index (χ2n) is 12.0. The fourth-order valence-electron chi connectivity index (χ4n) is 7.62. The number of rotatable bonds is 4. The summed E-state index contributed by atoms with van der Waals surface area (Å²) in [5, 5.41) is 2.48. The minimum Gasteiger partial charge on any atom is -0.457 e. The minimum absolute atomic E-state index is 0.510. The molecule has 7 aromatic rings. The van der Waals surface area contributed by atoms with Gasteiger partial charge in [0.2, 0.25) is 0 Å². The van der Waals surface area contributed by atoms with Crippen LogP contribution in [0.25, 0.3) is 22.3 Å². The molecule has 0 amide bonds. The average Bonchev–Trinajstić information content (AvgIpc) is 3.43. The van der Waals surface area contributed by atoms with E-state index in [4.69, 9.17) is 4.74 Å². The summed E-state index contributed by atoms with van der Waals surface area (Å²) in [4.78, 5) is 0. The monoisotopic (exact) mass is 608 g/mol. The lowest BCUT2D eigenvalue weighted by atomic mass is 9.66. The van der Waals surface area contributed by atoms with Crippen LogP contribution in [0.5, 0.6) is 11.5 Å². The molecule has 0 fully saturated rings. The lowest BCUT2D eigenvalue weighted by molar-refractivity contribution is 0.436. The van der Waals surface area contributed by atoms with Crippen LogP contribution in [0.15, 0.2) is 176 Å². The quantitative estimate of drug-likeness (QED) is 0.186. The first kappa shape index (κ1) is 26.9. The predicted molar refractivity (Wildman–Crippen MR) is 189 cm³/mol. The molecule has 1 spiro atoms. The first-order valence-corrected chi connectivity index (χ1v) is 17.3. The average molecular weight is 609 g/mol. The zero-order valence-corrected chi connectivity index (χ0v) is 25.9. The van der Waals surface area contributed by atoms with Crippen LogP contribution in [0.2, 0.25) is 0 Å². The number of benzene rings is 7. The van der Waals surface area contributed by atoms with Crippen molar-refractivity contribution in [3.05, 3.63) is 198 Å². The van der Waals surface area contributed by atoms with Gasteiger partial charge in [0.05, 0.1) is 5.41 Å². The number of hydrogen-bond acceptors (Lipinski definition) is 2. The van der Waals surface area contributed by atoms with Crippen LogP contribution in [-0.2, 0) is 9.98 Å². The summed E-state index contributed by atoms with van der Waals surface area (Å²) in [6.45, 7) is 0. The van der Waals surface area contributed by atoms with Crippen molar-refractivity contribution in [3.63, 3.8) is 0 Å². The highest BCUT2D eigenvalue weighted by Crippen LogP contribution is 2.62. The van der Waals surface area contributed by atoms with Gasteiger partial charge in [0.25, 0.3) is 0 Å². The molecule has 1 aliphatic heterocycles. The molecule has 0 unspecified atom stereocenters. The summed E-state index contributed by atoms with van der Waals surface area (Å²) in [5.74, 6) is 1.75. The van der Waals surface area contributed by atoms with Crippen LogP contribution < -0.4 is 20.7 Å². The van der Waals surface area contributed by atoms with Crippen molar-refractivity contribution in [2.75, 3.05) is 0 Å². The van der Waals surface area contributed by atoms with Crippen molar-refractivity contribution < 1.29 is 9.30 Å². The fourth-order valence-corrected chi connectivity index (χ4v) is 10.3. The number of fused-ring (bicyclic) bond motifs is 9. The Kier molecular flexibility index (Phi) is 6.03. The van der Waals surface area contributed by atoms with Gasteiger partial charge >= 0.3 is 0 Å². The van der Waals surface area contributed by atoms with Gasteiger partial charge in [0.15, 0.2) is 7.14 Å². The fraction of sp³-hybridized carbons (Fsp3) is 0.0233. The molecule has 0 bridgehead atoms. The van der Waals surface area contributed by atoms with Gasteiger partial charge in [-0.3, -0.25) is 0 Å². The molecular formula is C43H29O2P. The second-order valence-corrected chi connectivity index (χ2v) is 14.7. The topological polar surface area (TPSA) is 26.3 Å². The van der Waals surface area contributed by atoms with Gasteiger partial charge in [0.1, 0.15) is 11.5 Å². The van der Waals surface area contributed by atoms with Crippen molar-refractivity contribution in [2.45, 2.75) is 5.41 Å². The summed E-state index contributed by atoms with van der Waals surface area (Å²) < 4.78 is 21.6. The summed E-state index contributed by atoms with van der Waals surface area (Å²) in [5.41, 5.74) is 8.98. The molecule has 0 aromatic heterocycles. The van der Waals surface area contributed by atoms with E-state index in [9.17, 15) is 4.57 Å². The SMILES string of the molecule is O=P(c1ccccc1)(c1ccccc1)c1ccc(-c2ccc3c(c2)C2(c4ccccc4O3)c3ccccc3-c3ccccc32)cc1. The first-order valence-electron chi connectivity index (χ1n) is 15.6. The Labute approximate surface area is 269 Å². The van der Waals surface area contributed by atoms with Gasteiger partial charge in [-0.05, 0) is 51.6 Å². The molecule has 0 saturated carbocycles. The molecular weight excluding hydrogens is 579 g/mol. The van der Waals surface area contributed by atoms with Gasteiger partial charge in [-0.15, -0.1) is 0 Å². The van der Waals surface area contributed by atoms with Gasteiger partial charge in [-0.1, -0.05) is 158 Å². The molecule has 2 aliphatic rings. The molecule has 218 valence electrons. The van der Waals surface area contributed by atoms with Gasteiger partial charge < -0.3 is 9.30 Å². The van der Waals surface area contributed by atoms with Crippen LogP contribution in [0, 0.1) is 0 Å². The largest absolute Gasteiger partial charge is 0.457 e. The molecule has 7 aromatic carbocycles. The van der Waals surface area contributed by atoms with Crippen molar-refractivity contribution in [3.8, 4) is 33.8 Å². The Bertz CT molecular complexity index is 2220. The highest BCUT2D eigenvalue weighted by Gasteiger charge is 2.51. The standard InChI is InChI=1S/C43H29O2P/c44-46(32-13-3-1-4-14-32,33-15-5-2-6-16-33)34-26-23-30(24-27-34)31-25-28-42-40(29-31)43(39-21-11-12-22-41(39)45-42)37-19-9-7-17-35(37)36-18-8-10-20-38(36)43/h1-29H. The maximum Gasteiger partial charge on any atom is 0.171 e. The lowest BCUT2D eigenvalue weighted by Gasteiger charge is -2.39. The third kappa shape index (κ3) is 3.75. The molecule has 1 aliphatic carbocycles. The summed E-state index contributed by atoms with van der Waals surface area (Å²) >= 11 is 0. The predicted octanol–water partition coefficient (Wildman–Crippen LogP) is 9.46. The third-order valence-electron chi connectivity index (χ3n) is 9.65. The Balaban J connectivity index is 1.22. The van der Waals surface area contributed by atoms with Crippen LogP contribution in [0.1, 0.15) is 22.3 Å². The highest BCUT2D eigenvalue weighted by atomic mass is 31.2. The van der Waals surface area contributed by atoms with E-state index < -0.39 is 12.6 Å². The van der Waals surface area contributed by atoms with Gasteiger partial charge in [-0.2, -0.15) is 0 Å². The van der Waals surface area contributed by atoms with E-state index >= 15 is 0 Å². The zero-order chi connectivity index (χ0) is 30.7. The molecule has 46 heavy (non-hydrogen) atoms. The molecule has 1 heterocycles. The maximum absolute atomic E-state index is 15.0. The molecule has 0 radical (unpaired) electrons. The molecule has 0 atom stereocenters. The maximum atomic E-state index is 15.0. The van der Waals surface area contributed by atoms with Crippen molar-refractivity contribution in [1.29, 1.82) is 0 Å². The van der Waals surface area contributed by atoms with E-state index in [1.165, 1.54) is 22.3 Å². The lowest BCUT2D eigenvalue weighted by Crippen LogP contribution is -2.32. The molecule has 3 heteroatoms. The molecule has 0 N–H and O–H groups in total. The summed E-state index contributed by atoms with van der Waals surface area (Å²) in [7, 11) is -3.06. The van der Waals surface area contributed by atoms with E-state index in [0.29, 0.717) is 0 Å². The highest BCUT2D eigenvalue weighted by molar-refractivity contribution is 7.85. The summed E-state index contributed by atoms with van der Waals surface area (Å²) in [6.07, 6.45) is 0. The van der Waals surface area contributed by atoms with Crippen molar-refractivity contribution in [2.24, 2.45) is 0 Å². The Morgan fingerprint density at radius 1 is 0.391 bits per heavy atom. The van der Waals surface area contributed by atoms with E-state index in [1.807, 2.05) is 78.9 Å². The smallest absolute Gasteiger partial charge is 0.171 e. The van der Waals surface area contributed by atoms with Crippen LogP contribution in [0.4, 0.5) is 0 Å². The molecule has 2 nitrogen and oxygen atoms in total. The first-order chi connectivity index (χ1) is 22.7. The van der Waals surface area contributed by atoms with Crippen LogP contribution >= 0.6 is 7.14 Å². The van der Waals surface area contributed by atoms with Crippen LogP contribution in [-0.4, -0.2) is 0 Å². The van der Waals surface area contributed by atoms with E-state index in [-0.39, 0.29) is 0 Å². The van der Waals surface area contributed by atoms with E-state index in [0.717, 1.165) is 49.7 Å². The minimum atomic E-state index is -3.06. The van der Waals surface area contributed by atoms with E-state index in [1.54, 1.807) is 0 Å². The second kappa shape index (κ2) is 10.3. The molecule has 9 rings (SSSR count). The number of ether oxygens (including phenoxy) is 1.